The van der Waals surface area contributed by atoms with Crippen LogP contribution in [0.5, 0.6) is 0 Å². The van der Waals surface area contributed by atoms with Crippen LogP contribution in [0.1, 0.15) is 52.4 Å². The van der Waals surface area contributed by atoms with Crippen molar-refractivity contribution < 1.29 is 8.42 Å². The molecule has 4 unspecified atom stereocenters. The van der Waals surface area contributed by atoms with Crippen molar-refractivity contribution in [3.8, 4) is 0 Å². The maximum absolute atomic E-state index is 12.5. The van der Waals surface area contributed by atoms with E-state index in [0.717, 1.165) is 25.2 Å². The fraction of sp³-hybridized carbons (Fsp3) is 1.00. The van der Waals surface area contributed by atoms with Crippen LogP contribution in [0, 0.1) is 17.8 Å². The Morgan fingerprint density at radius 1 is 1.15 bits per heavy atom. The summed E-state index contributed by atoms with van der Waals surface area (Å²) < 4.78 is 26.7. The third kappa shape index (κ3) is 3.55. The van der Waals surface area contributed by atoms with Crippen LogP contribution in [0.25, 0.3) is 0 Å². The first kappa shape index (κ1) is 16.2. The fourth-order valence-corrected chi connectivity index (χ4v) is 6.05. The number of nitrogens with two attached hydrogens (primary N) is 1. The molecule has 0 spiro atoms. The van der Waals surface area contributed by atoms with Crippen LogP contribution in [0.3, 0.4) is 0 Å². The summed E-state index contributed by atoms with van der Waals surface area (Å²) >= 11 is 0. The Kier molecular flexibility index (Phi) is 5.49. The molecule has 5 heteroatoms. The Balaban J connectivity index is 1.96. The van der Waals surface area contributed by atoms with Crippen LogP contribution < -0.4 is 5.73 Å². The average Bonchev–Trinajstić information content (AvgIpc) is 3.00. The molecule has 118 valence electrons. The van der Waals surface area contributed by atoms with Gasteiger partial charge in [0, 0.05) is 19.1 Å². The van der Waals surface area contributed by atoms with Crippen LogP contribution in [-0.4, -0.2) is 37.6 Å². The van der Waals surface area contributed by atoms with Crippen LogP contribution in [0.2, 0.25) is 0 Å². The maximum Gasteiger partial charge on any atom is 0.215 e. The van der Waals surface area contributed by atoms with E-state index in [2.05, 4.69) is 0 Å². The van der Waals surface area contributed by atoms with Gasteiger partial charge in [0.05, 0.1) is 5.75 Å². The van der Waals surface area contributed by atoms with Crippen molar-refractivity contribution in [2.75, 3.05) is 18.8 Å². The van der Waals surface area contributed by atoms with Gasteiger partial charge in [0.1, 0.15) is 0 Å². The van der Waals surface area contributed by atoms with Gasteiger partial charge < -0.3 is 5.73 Å². The maximum atomic E-state index is 12.5. The molecule has 2 saturated carbocycles. The quantitative estimate of drug-likeness (QED) is 0.747. The lowest BCUT2D eigenvalue weighted by Crippen LogP contribution is -2.44. The lowest BCUT2D eigenvalue weighted by Gasteiger charge is -2.29. The third-order valence-electron chi connectivity index (χ3n) is 5.09. The smallest absolute Gasteiger partial charge is 0.215 e. The number of hydrogen-bond donors (Lipinski definition) is 1. The third-order valence-corrected chi connectivity index (χ3v) is 7.04. The highest BCUT2D eigenvalue weighted by Gasteiger charge is 2.43. The number of sulfonamides is 1. The minimum absolute atomic E-state index is 0.140. The minimum atomic E-state index is -3.19. The number of fused-ring (bicyclic) bond motifs is 2. The molecule has 0 aromatic carbocycles. The van der Waals surface area contributed by atoms with Crippen molar-refractivity contribution in [1.29, 1.82) is 0 Å². The predicted octanol–water partition coefficient (Wildman–Crippen LogP) is 2.20. The molecule has 0 heterocycles. The molecule has 0 aromatic heterocycles. The van der Waals surface area contributed by atoms with Gasteiger partial charge in [0.15, 0.2) is 0 Å². The molecule has 2 rings (SSSR count). The van der Waals surface area contributed by atoms with Gasteiger partial charge in [0.25, 0.3) is 0 Å². The van der Waals surface area contributed by atoms with Gasteiger partial charge >= 0.3 is 0 Å². The van der Waals surface area contributed by atoms with Gasteiger partial charge in [0.2, 0.25) is 10.0 Å². The zero-order valence-electron chi connectivity index (χ0n) is 12.9. The van der Waals surface area contributed by atoms with Crippen LogP contribution in [0.15, 0.2) is 0 Å². The summed E-state index contributed by atoms with van der Waals surface area (Å²) in [6.45, 7) is 5.29. The van der Waals surface area contributed by atoms with E-state index in [9.17, 15) is 8.42 Å². The molecule has 2 fully saturated rings. The number of hydrogen-bond acceptors (Lipinski definition) is 3. The summed E-state index contributed by atoms with van der Waals surface area (Å²) in [5.74, 6) is 2.09. The number of rotatable bonds is 8. The molecule has 0 amide bonds. The molecule has 0 saturated heterocycles. The Labute approximate surface area is 124 Å². The summed E-state index contributed by atoms with van der Waals surface area (Å²) in [7, 11) is -3.19. The van der Waals surface area contributed by atoms with E-state index in [4.69, 9.17) is 5.73 Å². The van der Waals surface area contributed by atoms with E-state index in [1.165, 1.54) is 19.3 Å². The lowest BCUT2D eigenvalue weighted by atomic mass is 9.84. The van der Waals surface area contributed by atoms with Crippen molar-refractivity contribution in [3.05, 3.63) is 0 Å². The Morgan fingerprint density at radius 2 is 1.80 bits per heavy atom. The largest absolute Gasteiger partial charge is 0.326 e. The highest BCUT2D eigenvalue weighted by atomic mass is 32.2. The molecule has 2 N–H and O–H groups in total. The van der Waals surface area contributed by atoms with E-state index in [1.54, 1.807) is 4.31 Å². The van der Waals surface area contributed by atoms with E-state index in [0.29, 0.717) is 24.9 Å². The molecule has 0 aromatic rings. The molecular formula is C15H30N2O2S. The van der Waals surface area contributed by atoms with Crippen LogP contribution in [0.4, 0.5) is 0 Å². The SMILES string of the molecule is CCCN(CCC)S(=O)(=O)CC(N)C1CC2CCC1C2. The van der Waals surface area contributed by atoms with Gasteiger partial charge in [-0.3, -0.25) is 0 Å². The molecule has 0 aliphatic heterocycles. The minimum Gasteiger partial charge on any atom is -0.326 e. The zero-order chi connectivity index (χ0) is 14.8. The first-order valence-electron chi connectivity index (χ1n) is 8.21. The van der Waals surface area contributed by atoms with Gasteiger partial charge in [-0.05, 0) is 49.9 Å². The molecule has 4 atom stereocenters. The Bertz CT molecular complexity index is 404. The topological polar surface area (TPSA) is 63.4 Å². The van der Waals surface area contributed by atoms with Gasteiger partial charge in [-0.1, -0.05) is 20.3 Å². The van der Waals surface area contributed by atoms with Gasteiger partial charge in [-0.15, -0.1) is 0 Å². The van der Waals surface area contributed by atoms with Gasteiger partial charge in [-0.2, -0.15) is 0 Å². The summed E-state index contributed by atoms with van der Waals surface area (Å²) in [6, 6.07) is -0.175. The summed E-state index contributed by atoms with van der Waals surface area (Å²) in [5.41, 5.74) is 6.28. The lowest BCUT2D eigenvalue weighted by molar-refractivity contribution is 0.290. The summed E-state index contributed by atoms with van der Waals surface area (Å²) in [6.07, 6.45) is 6.76. The summed E-state index contributed by atoms with van der Waals surface area (Å²) in [4.78, 5) is 0. The molecule has 0 radical (unpaired) electrons. The van der Waals surface area contributed by atoms with E-state index < -0.39 is 10.0 Å². The zero-order valence-corrected chi connectivity index (χ0v) is 13.7. The average molecular weight is 302 g/mol. The van der Waals surface area contributed by atoms with Crippen LogP contribution >= 0.6 is 0 Å². The normalized spacial score (nSPS) is 31.1. The molecule has 2 bridgehead atoms. The summed E-state index contributed by atoms with van der Waals surface area (Å²) in [5, 5.41) is 0. The second kappa shape index (κ2) is 6.75. The highest BCUT2D eigenvalue weighted by Crippen LogP contribution is 2.49. The number of nitrogens with zero attached hydrogens (tertiary/aromatic N) is 1. The molecule has 2 aliphatic carbocycles. The van der Waals surface area contributed by atoms with Crippen molar-refractivity contribution in [2.24, 2.45) is 23.5 Å². The van der Waals surface area contributed by atoms with E-state index in [1.807, 2.05) is 13.8 Å². The highest BCUT2D eigenvalue weighted by molar-refractivity contribution is 7.89. The fourth-order valence-electron chi connectivity index (χ4n) is 4.18. The Hall–Kier alpha value is -0.130. The van der Waals surface area contributed by atoms with Crippen molar-refractivity contribution in [3.63, 3.8) is 0 Å². The molecular weight excluding hydrogens is 272 g/mol. The molecule has 20 heavy (non-hydrogen) atoms. The van der Waals surface area contributed by atoms with E-state index >= 15 is 0 Å². The standard InChI is InChI=1S/C15H30N2O2S/c1-3-7-17(8-4-2)20(18,19)11-15(16)14-10-12-5-6-13(14)9-12/h12-15H,3-11,16H2,1-2H3. The van der Waals surface area contributed by atoms with Crippen LogP contribution in [-0.2, 0) is 10.0 Å². The van der Waals surface area contributed by atoms with Crippen molar-refractivity contribution in [2.45, 2.75) is 58.4 Å². The Morgan fingerprint density at radius 3 is 2.25 bits per heavy atom. The van der Waals surface area contributed by atoms with Crippen molar-refractivity contribution in [1.82, 2.24) is 4.31 Å². The second-order valence-electron chi connectivity index (χ2n) is 6.68. The van der Waals surface area contributed by atoms with Gasteiger partial charge in [-0.25, -0.2) is 12.7 Å². The van der Waals surface area contributed by atoms with Crippen molar-refractivity contribution >= 4 is 10.0 Å². The second-order valence-corrected chi connectivity index (χ2v) is 8.69. The monoisotopic (exact) mass is 302 g/mol. The molecule has 4 nitrogen and oxygen atoms in total. The first-order valence-corrected chi connectivity index (χ1v) is 9.82. The molecule has 2 aliphatic rings. The van der Waals surface area contributed by atoms with E-state index in [-0.39, 0.29) is 11.8 Å². The first-order chi connectivity index (χ1) is 9.47. The predicted molar refractivity (Wildman–Crippen MR) is 82.9 cm³/mol.